The van der Waals surface area contributed by atoms with Crippen LogP contribution in [0.4, 0.5) is 0 Å². The molecule has 112 valence electrons. The molecular weight excluding hydrogens is 260 g/mol. The standard InChI is InChI=1S/C18H24N2O/c1-5-17-16(10-13(4)19-20-17)18(21)11-14-6-8-15(9-7-14)12(2)3/h6-10,12,18,21H,5,11H2,1-4H3. The maximum Gasteiger partial charge on any atom is 0.0849 e. The van der Waals surface area contributed by atoms with Gasteiger partial charge in [-0.05, 0) is 36.5 Å². The second-order valence-corrected chi connectivity index (χ2v) is 5.86. The quantitative estimate of drug-likeness (QED) is 0.909. The molecule has 1 aromatic heterocycles. The molecule has 0 spiro atoms. The first-order chi connectivity index (χ1) is 10.0. The van der Waals surface area contributed by atoms with E-state index < -0.39 is 6.10 Å². The number of aliphatic hydroxyl groups excluding tert-OH is 1. The van der Waals surface area contributed by atoms with E-state index in [9.17, 15) is 5.11 Å². The number of hydrogen-bond acceptors (Lipinski definition) is 3. The molecule has 0 aliphatic carbocycles. The van der Waals surface area contributed by atoms with Crippen LogP contribution in [-0.4, -0.2) is 15.3 Å². The lowest BCUT2D eigenvalue weighted by atomic mass is 9.96. The van der Waals surface area contributed by atoms with Gasteiger partial charge in [-0.25, -0.2) is 0 Å². The third-order valence-corrected chi connectivity index (χ3v) is 3.80. The molecular formula is C18H24N2O. The fourth-order valence-corrected chi connectivity index (χ4v) is 2.47. The van der Waals surface area contributed by atoms with Crippen LogP contribution in [0.3, 0.4) is 0 Å². The maximum atomic E-state index is 10.5. The zero-order valence-electron chi connectivity index (χ0n) is 13.3. The molecule has 2 rings (SSSR count). The Labute approximate surface area is 127 Å². The van der Waals surface area contributed by atoms with Crippen LogP contribution >= 0.6 is 0 Å². The highest BCUT2D eigenvalue weighted by Gasteiger charge is 2.14. The highest BCUT2D eigenvalue weighted by atomic mass is 16.3. The summed E-state index contributed by atoms with van der Waals surface area (Å²) in [6, 6.07) is 10.4. The Balaban J connectivity index is 2.17. The Bertz CT molecular complexity index is 591. The molecule has 0 saturated carbocycles. The van der Waals surface area contributed by atoms with Crippen molar-refractivity contribution in [3.8, 4) is 0 Å². The van der Waals surface area contributed by atoms with Gasteiger partial charge in [-0.2, -0.15) is 10.2 Å². The minimum absolute atomic E-state index is 0.529. The molecule has 0 saturated heterocycles. The maximum absolute atomic E-state index is 10.5. The van der Waals surface area contributed by atoms with Gasteiger partial charge in [0.2, 0.25) is 0 Å². The molecule has 0 amide bonds. The summed E-state index contributed by atoms with van der Waals surface area (Å²) in [6.45, 7) is 8.30. The van der Waals surface area contributed by atoms with Crippen LogP contribution in [0, 0.1) is 6.92 Å². The Morgan fingerprint density at radius 3 is 2.33 bits per heavy atom. The lowest BCUT2D eigenvalue weighted by Gasteiger charge is -2.15. The van der Waals surface area contributed by atoms with Crippen LogP contribution in [0.15, 0.2) is 30.3 Å². The SMILES string of the molecule is CCc1nnc(C)cc1C(O)Cc1ccc(C(C)C)cc1. The number of hydrogen-bond donors (Lipinski definition) is 1. The van der Waals surface area contributed by atoms with Crippen LogP contribution in [0.5, 0.6) is 0 Å². The number of aliphatic hydroxyl groups is 1. The summed E-state index contributed by atoms with van der Waals surface area (Å²) in [4.78, 5) is 0. The van der Waals surface area contributed by atoms with Gasteiger partial charge in [0.05, 0.1) is 17.5 Å². The molecule has 1 atom stereocenters. The van der Waals surface area contributed by atoms with E-state index in [2.05, 4.69) is 48.3 Å². The molecule has 0 fully saturated rings. The van der Waals surface area contributed by atoms with Crippen molar-refractivity contribution in [3.63, 3.8) is 0 Å². The Morgan fingerprint density at radius 2 is 1.76 bits per heavy atom. The van der Waals surface area contributed by atoms with Crippen molar-refractivity contribution in [3.05, 3.63) is 58.4 Å². The largest absolute Gasteiger partial charge is 0.388 e. The average Bonchev–Trinajstić information content (AvgIpc) is 2.47. The predicted octanol–water partition coefficient (Wildman–Crippen LogP) is 3.75. The van der Waals surface area contributed by atoms with Gasteiger partial charge in [-0.15, -0.1) is 0 Å². The third-order valence-electron chi connectivity index (χ3n) is 3.80. The molecule has 3 heteroatoms. The smallest absolute Gasteiger partial charge is 0.0849 e. The van der Waals surface area contributed by atoms with E-state index in [1.807, 2.05) is 19.9 Å². The summed E-state index contributed by atoms with van der Waals surface area (Å²) in [5.41, 5.74) is 5.09. The predicted molar refractivity (Wildman–Crippen MR) is 85.3 cm³/mol. The van der Waals surface area contributed by atoms with Crippen LogP contribution in [0.25, 0.3) is 0 Å². The number of benzene rings is 1. The summed E-state index contributed by atoms with van der Waals surface area (Å²) in [5, 5.41) is 18.8. The van der Waals surface area contributed by atoms with Gasteiger partial charge < -0.3 is 5.11 Å². The van der Waals surface area contributed by atoms with Crippen LogP contribution in [0.1, 0.15) is 60.9 Å². The lowest BCUT2D eigenvalue weighted by Crippen LogP contribution is -2.09. The van der Waals surface area contributed by atoms with E-state index >= 15 is 0 Å². The zero-order chi connectivity index (χ0) is 15.4. The van der Waals surface area contributed by atoms with E-state index in [1.165, 1.54) is 5.56 Å². The molecule has 1 unspecified atom stereocenters. The number of rotatable bonds is 5. The molecule has 0 aliphatic heterocycles. The molecule has 0 bridgehead atoms. The first-order valence-corrected chi connectivity index (χ1v) is 7.61. The number of aryl methyl sites for hydroxylation is 2. The van der Waals surface area contributed by atoms with E-state index in [1.54, 1.807) is 0 Å². The van der Waals surface area contributed by atoms with Gasteiger partial charge in [-0.1, -0.05) is 45.0 Å². The van der Waals surface area contributed by atoms with E-state index in [0.29, 0.717) is 12.3 Å². The van der Waals surface area contributed by atoms with Crippen molar-refractivity contribution in [2.45, 2.75) is 52.6 Å². The van der Waals surface area contributed by atoms with E-state index in [4.69, 9.17) is 0 Å². The van der Waals surface area contributed by atoms with Crippen molar-refractivity contribution < 1.29 is 5.11 Å². The average molecular weight is 284 g/mol. The van der Waals surface area contributed by atoms with Gasteiger partial charge in [0, 0.05) is 12.0 Å². The summed E-state index contributed by atoms with van der Waals surface area (Å²) < 4.78 is 0. The minimum Gasteiger partial charge on any atom is -0.388 e. The Kier molecular flexibility index (Phi) is 5.07. The van der Waals surface area contributed by atoms with Crippen LogP contribution in [-0.2, 0) is 12.8 Å². The van der Waals surface area contributed by atoms with Crippen molar-refractivity contribution in [1.29, 1.82) is 0 Å². The topological polar surface area (TPSA) is 46.0 Å². The lowest BCUT2D eigenvalue weighted by molar-refractivity contribution is 0.176. The first-order valence-electron chi connectivity index (χ1n) is 7.61. The molecule has 21 heavy (non-hydrogen) atoms. The molecule has 1 aromatic carbocycles. The molecule has 1 heterocycles. The Hall–Kier alpha value is -1.74. The second-order valence-electron chi connectivity index (χ2n) is 5.86. The molecule has 0 radical (unpaired) electrons. The van der Waals surface area contributed by atoms with Crippen molar-refractivity contribution in [1.82, 2.24) is 10.2 Å². The molecule has 1 N–H and O–H groups in total. The monoisotopic (exact) mass is 284 g/mol. The van der Waals surface area contributed by atoms with Gasteiger partial charge >= 0.3 is 0 Å². The summed E-state index contributed by atoms with van der Waals surface area (Å²) in [7, 11) is 0. The number of aromatic nitrogens is 2. The van der Waals surface area contributed by atoms with Crippen molar-refractivity contribution >= 4 is 0 Å². The van der Waals surface area contributed by atoms with Crippen LogP contribution in [0.2, 0.25) is 0 Å². The van der Waals surface area contributed by atoms with Gasteiger partial charge in [0.15, 0.2) is 0 Å². The normalized spacial score (nSPS) is 12.7. The summed E-state index contributed by atoms with van der Waals surface area (Å²) >= 11 is 0. The second kappa shape index (κ2) is 6.81. The first kappa shape index (κ1) is 15.6. The highest BCUT2D eigenvalue weighted by Crippen LogP contribution is 2.23. The fraction of sp³-hybridized carbons (Fsp3) is 0.444. The zero-order valence-corrected chi connectivity index (χ0v) is 13.3. The summed E-state index contributed by atoms with van der Waals surface area (Å²) in [5.74, 6) is 0.530. The fourth-order valence-electron chi connectivity index (χ4n) is 2.47. The van der Waals surface area contributed by atoms with Gasteiger partial charge in [-0.3, -0.25) is 0 Å². The van der Waals surface area contributed by atoms with Gasteiger partial charge in [0.1, 0.15) is 0 Å². The highest BCUT2D eigenvalue weighted by molar-refractivity contribution is 5.29. The summed E-state index contributed by atoms with van der Waals surface area (Å²) in [6.07, 6.45) is 0.863. The van der Waals surface area contributed by atoms with E-state index in [0.717, 1.165) is 28.9 Å². The van der Waals surface area contributed by atoms with Crippen LogP contribution < -0.4 is 0 Å². The van der Waals surface area contributed by atoms with Gasteiger partial charge in [0.25, 0.3) is 0 Å². The third kappa shape index (κ3) is 3.88. The molecule has 2 aromatic rings. The Morgan fingerprint density at radius 1 is 1.10 bits per heavy atom. The van der Waals surface area contributed by atoms with E-state index in [-0.39, 0.29) is 0 Å². The van der Waals surface area contributed by atoms with Crippen molar-refractivity contribution in [2.24, 2.45) is 0 Å². The van der Waals surface area contributed by atoms with Crippen molar-refractivity contribution in [2.75, 3.05) is 0 Å². The molecule has 0 aliphatic rings. The molecule has 3 nitrogen and oxygen atoms in total. The minimum atomic E-state index is -0.529. The number of nitrogens with zero attached hydrogens (tertiary/aromatic N) is 2.